The van der Waals surface area contributed by atoms with Crippen LogP contribution in [0.15, 0.2) is 36.4 Å². The topological polar surface area (TPSA) is 86.5 Å². The van der Waals surface area contributed by atoms with Crippen LogP contribution in [0.4, 0.5) is 5.69 Å². The van der Waals surface area contributed by atoms with Gasteiger partial charge < -0.3 is 20.5 Å². The van der Waals surface area contributed by atoms with E-state index >= 15 is 0 Å². The quantitative estimate of drug-likeness (QED) is 0.627. The molecule has 6 nitrogen and oxygen atoms in total. The van der Waals surface area contributed by atoms with Gasteiger partial charge in [-0.05, 0) is 24.3 Å². The van der Waals surface area contributed by atoms with E-state index in [1.165, 1.54) is 25.6 Å². The number of nitrogens with zero attached hydrogens (tertiary/aromatic N) is 1. The highest BCUT2D eigenvalue weighted by Gasteiger charge is 2.18. The number of nitrogens with one attached hydrogen (secondary N) is 1. The number of aromatic nitrogens is 1. The van der Waals surface area contributed by atoms with Gasteiger partial charge in [0.05, 0.1) is 17.9 Å². The Bertz CT molecular complexity index is 923. The summed E-state index contributed by atoms with van der Waals surface area (Å²) < 4.78 is 10.1. The van der Waals surface area contributed by atoms with Crippen molar-refractivity contribution >= 4 is 44.7 Å². The number of nitrogens with two attached hydrogens (primary N) is 1. The fourth-order valence-electron chi connectivity index (χ4n) is 2.47. The highest BCUT2D eigenvalue weighted by atomic mass is 35.5. The van der Waals surface area contributed by atoms with E-state index < -0.39 is 6.29 Å². The summed E-state index contributed by atoms with van der Waals surface area (Å²) in [5, 5.41) is 4.18. The minimum Gasteiger partial charge on any atom is -0.397 e. The number of benzene rings is 1. The lowest BCUT2D eigenvalue weighted by atomic mass is 10.1. The fourth-order valence-corrected chi connectivity index (χ4v) is 3.60. The maximum Gasteiger partial charge on any atom is 0.263 e. The predicted molar refractivity (Wildman–Crippen MR) is 105 cm³/mol. The Hall–Kier alpha value is -2.19. The van der Waals surface area contributed by atoms with Gasteiger partial charge in [-0.3, -0.25) is 4.79 Å². The molecule has 0 fully saturated rings. The molecule has 8 heteroatoms. The molecule has 3 aromatic rings. The highest BCUT2D eigenvalue weighted by Crippen LogP contribution is 2.34. The second kappa shape index (κ2) is 8.01. The van der Waals surface area contributed by atoms with E-state index in [-0.39, 0.29) is 12.5 Å². The number of hydrogen-bond donors (Lipinski definition) is 2. The van der Waals surface area contributed by atoms with Crippen molar-refractivity contribution in [3.8, 4) is 11.3 Å². The number of amides is 1. The maximum absolute atomic E-state index is 12.4. The monoisotopic (exact) mass is 391 g/mol. The molecule has 0 aliphatic rings. The van der Waals surface area contributed by atoms with Crippen LogP contribution < -0.4 is 11.1 Å². The number of pyridine rings is 1. The molecule has 3 N–H and O–H groups in total. The largest absolute Gasteiger partial charge is 0.397 e. The van der Waals surface area contributed by atoms with E-state index in [1.807, 2.05) is 36.4 Å². The van der Waals surface area contributed by atoms with Gasteiger partial charge in [-0.2, -0.15) is 0 Å². The number of methoxy groups -OCH3 is 2. The van der Waals surface area contributed by atoms with Crippen LogP contribution >= 0.6 is 22.9 Å². The van der Waals surface area contributed by atoms with Gasteiger partial charge in [-0.25, -0.2) is 4.98 Å². The first kappa shape index (κ1) is 18.6. The normalized spacial score (nSPS) is 11.2. The zero-order valence-electron chi connectivity index (χ0n) is 14.3. The highest BCUT2D eigenvalue weighted by molar-refractivity contribution is 7.21. The van der Waals surface area contributed by atoms with Gasteiger partial charge in [-0.15, -0.1) is 11.3 Å². The second-order valence-electron chi connectivity index (χ2n) is 5.51. The summed E-state index contributed by atoms with van der Waals surface area (Å²) in [6.45, 7) is 0.225. The summed E-state index contributed by atoms with van der Waals surface area (Å²) in [7, 11) is 3.02. The molecule has 0 atom stereocenters. The van der Waals surface area contributed by atoms with Crippen LogP contribution in [0.3, 0.4) is 0 Å². The zero-order chi connectivity index (χ0) is 18.7. The zero-order valence-corrected chi connectivity index (χ0v) is 15.9. The summed E-state index contributed by atoms with van der Waals surface area (Å²) in [4.78, 5) is 18.2. The van der Waals surface area contributed by atoms with E-state index in [0.717, 1.165) is 16.6 Å². The van der Waals surface area contributed by atoms with Crippen LogP contribution in [0.1, 0.15) is 9.67 Å². The number of hydrogen-bond acceptors (Lipinski definition) is 6. The molecule has 1 amide bonds. The van der Waals surface area contributed by atoms with Gasteiger partial charge in [0.25, 0.3) is 5.91 Å². The summed E-state index contributed by atoms with van der Waals surface area (Å²) in [5.41, 5.74) is 8.30. The molecule has 0 saturated carbocycles. The predicted octanol–water partition coefficient (Wildman–Crippen LogP) is 3.55. The number of halogens is 1. The van der Waals surface area contributed by atoms with Crippen LogP contribution in [0.2, 0.25) is 5.02 Å². The standard InChI is InChI=1S/C18H18ClN3O3S/c1-24-14(25-2)9-21-17(23)16-15(20)12-7-8-13(22-18(12)26-16)10-3-5-11(19)6-4-10/h3-8,14H,9,20H2,1-2H3,(H,21,23). The Morgan fingerprint density at radius 1 is 1.23 bits per heavy atom. The van der Waals surface area contributed by atoms with Gasteiger partial charge in [0.2, 0.25) is 0 Å². The molecule has 0 unspecified atom stereocenters. The first-order valence-corrected chi connectivity index (χ1v) is 9.01. The molecule has 0 spiro atoms. The van der Waals surface area contributed by atoms with Gasteiger partial charge in [0, 0.05) is 30.2 Å². The number of carbonyl (C=O) groups excluding carboxylic acids is 1. The molecule has 0 aliphatic heterocycles. The van der Waals surface area contributed by atoms with Crippen molar-refractivity contribution < 1.29 is 14.3 Å². The third-order valence-electron chi connectivity index (χ3n) is 3.90. The van der Waals surface area contributed by atoms with E-state index in [4.69, 9.17) is 26.8 Å². The van der Waals surface area contributed by atoms with Gasteiger partial charge >= 0.3 is 0 Å². The molecule has 26 heavy (non-hydrogen) atoms. The first-order valence-electron chi connectivity index (χ1n) is 7.82. The number of fused-ring (bicyclic) bond motifs is 1. The maximum atomic E-state index is 12.4. The molecule has 1 aromatic carbocycles. The second-order valence-corrected chi connectivity index (χ2v) is 6.95. The van der Waals surface area contributed by atoms with E-state index in [1.54, 1.807) is 0 Å². The van der Waals surface area contributed by atoms with Crippen molar-refractivity contribution in [2.75, 3.05) is 26.5 Å². The SMILES string of the molecule is COC(CNC(=O)c1sc2nc(-c3ccc(Cl)cc3)ccc2c1N)OC. The lowest BCUT2D eigenvalue weighted by molar-refractivity contribution is -0.0974. The Labute approximate surface area is 159 Å². The first-order chi connectivity index (χ1) is 12.5. The van der Waals surface area contributed by atoms with Crippen molar-refractivity contribution in [3.05, 3.63) is 46.3 Å². The molecule has 136 valence electrons. The molecule has 2 aromatic heterocycles. The number of nitrogen functional groups attached to an aromatic ring is 1. The van der Waals surface area contributed by atoms with Gasteiger partial charge in [-0.1, -0.05) is 23.7 Å². The lowest BCUT2D eigenvalue weighted by Crippen LogP contribution is -2.34. The smallest absolute Gasteiger partial charge is 0.263 e. The number of carbonyl (C=O) groups is 1. The van der Waals surface area contributed by atoms with Crippen molar-refractivity contribution in [2.24, 2.45) is 0 Å². The van der Waals surface area contributed by atoms with E-state index in [2.05, 4.69) is 10.3 Å². The van der Waals surface area contributed by atoms with Crippen molar-refractivity contribution in [3.63, 3.8) is 0 Å². The summed E-state index contributed by atoms with van der Waals surface area (Å²) in [6.07, 6.45) is -0.510. The number of thiophene rings is 1. The number of anilines is 1. The minimum atomic E-state index is -0.510. The average Bonchev–Trinajstić information content (AvgIpc) is 2.99. The molecule has 0 saturated heterocycles. The molecule has 2 heterocycles. The number of rotatable bonds is 6. The third kappa shape index (κ3) is 3.81. The molecule has 0 bridgehead atoms. The van der Waals surface area contributed by atoms with Gasteiger partial charge in [0.1, 0.15) is 9.71 Å². The van der Waals surface area contributed by atoms with E-state index in [0.29, 0.717) is 20.4 Å². The van der Waals surface area contributed by atoms with Crippen LogP contribution in [0, 0.1) is 0 Å². The third-order valence-corrected chi connectivity index (χ3v) is 5.26. The lowest BCUT2D eigenvalue weighted by Gasteiger charge is -2.13. The van der Waals surface area contributed by atoms with Crippen LogP contribution in [-0.2, 0) is 9.47 Å². The van der Waals surface area contributed by atoms with Gasteiger partial charge in [0.15, 0.2) is 6.29 Å². The van der Waals surface area contributed by atoms with Crippen molar-refractivity contribution in [1.82, 2.24) is 10.3 Å². The Morgan fingerprint density at radius 2 is 1.92 bits per heavy atom. The molecular formula is C18H18ClN3O3S. The fraction of sp³-hybridized carbons (Fsp3) is 0.222. The average molecular weight is 392 g/mol. The Balaban J connectivity index is 1.87. The Kier molecular flexibility index (Phi) is 5.73. The number of ether oxygens (including phenoxy) is 2. The molecular weight excluding hydrogens is 374 g/mol. The van der Waals surface area contributed by atoms with Crippen molar-refractivity contribution in [2.45, 2.75) is 6.29 Å². The van der Waals surface area contributed by atoms with Crippen molar-refractivity contribution in [1.29, 1.82) is 0 Å². The van der Waals surface area contributed by atoms with Crippen LogP contribution in [0.5, 0.6) is 0 Å². The summed E-state index contributed by atoms with van der Waals surface area (Å²) in [5.74, 6) is -0.280. The molecule has 0 aliphatic carbocycles. The summed E-state index contributed by atoms with van der Waals surface area (Å²) >= 11 is 7.18. The summed E-state index contributed by atoms with van der Waals surface area (Å²) in [6, 6.07) is 11.2. The Morgan fingerprint density at radius 3 is 2.58 bits per heavy atom. The molecule has 0 radical (unpaired) electrons. The van der Waals surface area contributed by atoms with Crippen LogP contribution in [-0.4, -0.2) is 37.9 Å². The molecule has 3 rings (SSSR count). The van der Waals surface area contributed by atoms with E-state index in [9.17, 15) is 4.79 Å². The minimum absolute atomic E-state index is 0.225. The van der Waals surface area contributed by atoms with Crippen LogP contribution in [0.25, 0.3) is 21.5 Å².